The molecule has 1 aliphatic heterocycles. The summed E-state index contributed by atoms with van der Waals surface area (Å²) in [5.41, 5.74) is -0.530. The highest BCUT2D eigenvalue weighted by atomic mass is 35.5. The second-order valence-electron chi connectivity index (χ2n) is 8.96. The largest absolute Gasteiger partial charge is 0.476 e. The topological polar surface area (TPSA) is 45.6 Å². The lowest BCUT2D eigenvalue weighted by molar-refractivity contribution is -0.107. The molecule has 5 rings (SSSR count). The number of fused-ring (bicyclic) bond motifs is 3. The molecule has 3 atom stereocenters. The van der Waals surface area contributed by atoms with Gasteiger partial charge in [-0.25, -0.2) is 8.78 Å². The van der Waals surface area contributed by atoms with Gasteiger partial charge in [0.1, 0.15) is 11.4 Å². The van der Waals surface area contributed by atoms with E-state index in [1.165, 1.54) is 18.3 Å². The molecule has 2 aliphatic rings. The van der Waals surface area contributed by atoms with Gasteiger partial charge in [0.25, 0.3) is 6.43 Å². The molecule has 0 spiro atoms. The van der Waals surface area contributed by atoms with Crippen molar-refractivity contribution in [1.29, 1.82) is 0 Å². The molecule has 1 saturated carbocycles. The number of ether oxygens (including phenoxy) is 1. The van der Waals surface area contributed by atoms with Crippen LogP contribution in [0.4, 0.5) is 8.78 Å². The van der Waals surface area contributed by atoms with E-state index in [1.807, 2.05) is 56.4 Å². The Morgan fingerprint density at radius 1 is 1.09 bits per heavy atom. The first-order valence-electron chi connectivity index (χ1n) is 10.8. The van der Waals surface area contributed by atoms with E-state index in [0.717, 1.165) is 5.56 Å². The van der Waals surface area contributed by atoms with Gasteiger partial charge in [0.15, 0.2) is 11.2 Å². The number of alkyl halides is 2. The molecule has 0 bridgehead atoms. The molecule has 3 aromatic rings. The fraction of sp³-hybridized carbons (Fsp3) is 0.346. The normalized spacial score (nSPS) is 25.3. The summed E-state index contributed by atoms with van der Waals surface area (Å²) in [6.07, 6.45) is 0.0372. The van der Waals surface area contributed by atoms with Gasteiger partial charge in [-0.1, -0.05) is 66.2 Å². The third-order valence-corrected chi connectivity index (χ3v) is 6.38. The highest BCUT2D eigenvalue weighted by Gasteiger charge is 2.69. The number of rotatable bonds is 3. The molecule has 1 aromatic heterocycles. The Labute approximate surface area is 197 Å². The third-order valence-electron chi connectivity index (χ3n) is 6.18. The van der Waals surface area contributed by atoms with Crippen LogP contribution in [-0.4, -0.2) is 36.1 Å². The number of aromatic nitrogens is 1. The zero-order valence-corrected chi connectivity index (χ0v) is 19.6. The zero-order valence-electron chi connectivity index (χ0n) is 18.8. The number of benzene rings is 2. The van der Waals surface area contributed by atoms with Crippen LogP contribution in [0.25, 0.3) is 0 Å². The van der Waals surface area contributed by atoms with Crippen LogP contribution in [0, 0.1) is 0 Å². The predicted octanol–water partition coefficient (Wildman–Crippen LogP) is 5.90. The Morgan fingerprint density at radius 3 is 2.33 bits per heavy atom. The molecule has 4 nitrogen and oxygen atoms in total. The standard InChI is InChI=1S/C23H18ClF2NO2.C3H9N/c24-17-12-19-20(27-13-17)22(28)11-10-18(14-4-2-1-3-5-14)23(22,29-19)16-8-6-15(7-9-16)21(25)26;1-4(2)3/h1-9,12-13,18,21,28H,10-11H2;1-3H3. The van der Waals surface area contributed by atoms with E-state index >= 15 is 0 Å². The number of hydrogen-bond acceptors (Lipinski definition) is 4. The smallest absolute Gasteiger partial charge is 0.263 e. The highest BCUT2D eigenvalue weighted by molar-refractivity contribution is 6.30. The first kappa shape index (κ1) is 23.6. The maximum atomic E-state index is 13.1. The van der Waals surface area contributed by atoms with E-state index in [-0.39, 0.29) is 11.5 Å². The van der Waals surface area contributed by atoms with Gasteiger partial charge in [-0.05, 0) is 45.1 Å². The van der Waals surface area contributed by atoms with Gasteiger partial charge in [-0.3, -0.25) is 4.98 Å². The Kier molecular flexibility index (Phi) is 6.45. The summed E-state index contributed by atoms with van der Waals surface area (Å²) < 4.78 is 32.7. The van der Waals surface area contributed by atoms with E-state index in [1.54, 1.807) is 18.2 Å². The fourth-order valence-electron chi connectivity index (χ4n) is 4.92. The van der Waals surface area contributed by atoms with E-state index in [4.69, 9.17) is 16.3 Å². The van der Waals surface area contributed by atoms with Crippen LogP contribution in [0.15, 0.2) is 66.9 Å². The minimum atomic E-state index is -2.56. The summed E-state index contributed by atoms with van der Waals surface area (Å²) in [6.45, 7) is 0. The number of nitrogens with zero attached hydrogens (tertiary/aromatic N) is 2. The van der Waals surface area contributed by atoms with Gasteiger partial charge in [0, 0.05) is 23.7 Å². The van der Waals surface area contributed by atoms with Crippen molar-refractivity contribution in [2.24, 2.45) is 0 Å². The minimum Gasteiger partial charge on any atom is -0.476 e. The van der Waals surface area contributed by atoms with Crippen LogP contribution in [0.5, 0.6) is 5.75 Å². The van der Waals surface area contributed by atoms with E-state index < -0.39 is 17.6 Å². The molecule has 174 valence electrons. The zero-order chi connectivity index (χ0) is 23.8. The average Bonchev–Trinajstić information content (AvgIpc) is 3.20. The van der Waals surface area contributed by atoms with Gasteiger partial charge in [0.05, 0.1) is 5.02 Å². The molecule has 2 heterocycles. The monoisotopic (exact) mass is 472 g/mol. The molecule has 1 N–H and O–H groups in total. The summed E-state index contributed by atoms with van der Waals surface area (Å²) in [7, 11) is 6.00. The van der Waals surface area contributed by atoms with Gasteiger partial charge < -0.3 is 14.7 Å². The molecule has 0 radical (unpaired) electrons. The van der Waals surface area contributed by atoms with Crippen molar-refractivity contribution in [3.05, 3.63) is 94.3 Å². The fourth-order valence-corrected chi connectivity index (χ4v) is 5.07. The molecule has 3 unspecified atom stereocenters. The summed E-state index contributed by atoms with van der Waals surface area (Å²) in [4.78, 5) is 6.39. The van der Waals surface area contributed by atoms with Crippen molar-refractivity contribution in [2.45, 2.75) is 36.4 Å². The van der Waals surface area contributed by atoms with E-state index in [0.29, 0.717) is 34.9 Å². The Hall–Kier alpha value is -2.54. The molecule has 7 heteroatoms. The maximum Gasteiger partial charge on any atom is 0.263 e. The van der Waals surface area contributed by atoms with Crippen molar-refractivity contribution in [3.8, 4) is 5.75 Å². The summed E-state index contributed by atoms with van der Waals surface area (Å²) in [5.74, 6) is 0.248. The van der Waals surface area contributed by atoms with Crippen LogP contribution in [0.1, 0.15) is 47.6 Å². The van der Waals surface area contributed by atoms with Crippen LogP contribution in [0.2, 0.25) is 5.02 Å². The Morgan fingerprint density at radius 2 is 1.73 bits per heavy atom. The number of pyridine rings is 1. The van der Waals surface area contributed by atoms with Crippen molar-refractivity contribution in [3.63, 3.8) is 0 Å². The predicted molar refractivity (Wildman–Crippen MR) is 125 cm³/mol. The van der Waals surface area contributed by atoms with E-state index in [9.17, 15) is 13.9 Å². The Bertz CT molecular complexity index is 1110. The first-order valence-corrected chi connectivity index (χ1v) is 11.2. The molecule has 1 fully saturated rings. The molecule has 33 heavy (non-hydrogen) atoms. The molecule has 2 aromatic carbocycles. The van der Waals surface area contributed by atoms with Gasteiger partial charge in [0.2, 0.25) is 0 Å². The van der Waals surface area contributed by atoms with Crippen LogP contribution in [0.3, 0.4) is 0 Å². The summed E-state index contributed by atoms with van der Waals surface area (Å²) in [5, 5.41) is 12.3. The maximum absolute atomic E-state index is 13.1. The summed E-state index contributed by atoms with van der Waals surface area (Å²) >= 11 is 6.12. The lowest BCUT2D eigenvalue weighted by atomic mass is 9.72. The average molecular weight is 473 g/mol. The first-order chi connectivity index (χ1) is 15.7. The lowest BCUT2D eigenvalue weighted by Crippen LogP contribution is -2.48. The second kappa shape index (κ2) is 9.01. The summed E-state index contributed by atoms with van der Waals surface area (Å²) in [6, 6.07) is 17.5. The lowest BCUT2D eigenvalue weighted by Gasteiger charge is -2.40. The van der Waals surface area contributed by atoms with Crippen molar-refractivity contribution in [1.82, 2.24) is 9.88 Å². The minimum absolute atomic E-state index is 0.0698. The quantitative estimate of drug-likeness (QED) is 0.515. The molecule has 1 aliphatic carbocycles. The van der Waals surface area contributed by atoms with Crippen molar-refractivity contribution < 1.29 is 18.6 Å². The molecule has 0 amide bonds. The van der Waals surface area contributed by atoms with Gasteiger partial charge in [-0.15, -0.1) is 0 Å². The number of halogens is 3. The number of hydrogen-bond donors (Lipinski definition) is 1. The van der Waals surface area contributed by atoms with Crippen LogP contribution >= 0.6 is 11.6 Å². The SMILES string of the molecule is CN(C)C.OC12CCC(c3ccccc3)C1(c1ccc(C(F)F)cc1)Oc1cc(Cl)cnc12. The Balaban J connectivity index is 0.000000601. The molecular formula is C26H27ClF2N2O2. The van der Waals surface area contributed by atoms with Crippen molar-refractivity contribution >= 4 is 11.6 Å². The van der Waals surface area contributed by atoms with Crippen LogP contribution in [-0.2, 0) is 11.2 Å². The van der Waals surface area contributed by atoms with Crippen molar-refractivity contribution in [2.75, 3.05) is 21.1 Å². The van der Waals surface area contributed by atoms with Gasteiger partial charge in [-0.2, -0.15) is 0 Å². The van der Waals surface area contributed by atoms with Gasteiger partial charge >= 0.3 is 0 Å². The highest BCUT2D eigenvalue weighted by Crippen LogP contribution is 2.66. The third kappa shape index (κ3) is 4.01. The van der Waals surface area contributed by atoms with Crippen LogP contribution < -0.4 is 4.74 Å². The molecular weight excluding hydrogens is 446 g/mol. The second-order valence-corrected chi connectivity index (χ2v) is 9.40. The van der Waals surface area contributed by atoms with E-state index in [2.05, 4.69) is 4.98 Å². The molecule has 0 saturated heterocycles. The number of aliphatic hydroxyl groups is 1.